The second-order valence-corrected chi connectivity index (χ2v) is 6.01. The molecule has 0 amide bonds. The Morgan fingerprint density at radius 1 is 1.00 bits per heavy atom. The minimum Gasteiger partial charge on any atom is -0.493 e. The molecule has 3 rings (SSSR count). The molecular weight excluding hydrogens is 298 g/mol. The van der Waals surface area contributed by atoms with E-state index in [1.54, 1.807) is 0 Å². The van der Waals surface area contributed by atoms with Crippen LogP contribution in [0.1, 0.15) is 12.8 Å². The van der Waals surface area contributed by atoms with Crippen LogP contribution in [0.15, 0.2) is 36.4 Å². The van der Waals surface area contributed by atoms with Crippen LogP contribution in [0.5, 0.6) is 5.75 Å². The van der Waals surface area contributed by atoms with Crippen LogP contribution in [0.25, 0.3) is 10.8 Å². The standard InChI is InChI=1S/C18H22ClNO2/c19-17-7-8-18(16-6-2-1-5-15(16)17)22-12-4-3-9-20-10-13-21-14-11-20/h1-2,5-8H,3-4,9-14H2. The van der Waals surface area contributed by atoms with Crippen molar-refractivity contribution in [3.63, 3.8) is 0 Å². The van der Waals surface area contributed by atoms with Gasteiger partial charge in [-0.3, -0.25) is 4.90 Å². The van der Waals surface area contributed by atoms with Gasteiger partial charge in [-0.1, -0.05) is 35.9 Å². The molecule has 0 atom stereocenters. The van der Waals surface area contributed by atoms with Crippen molar-refractivity contribution in [3.8, 4) is 5.75 Å². The van der Waals surface area contributed by atoms with E-state index in [2.05, 4.69) is 11.0 Å². The van der Waals surface area contributed by atoms with E-state index < -0.39 is 0 Å². The fourth-order valence-electron chi connectivity index (χ4n) is 2.80. The van der Waals surface area contributed by atoms with Gasteiger partial charge in [-0.15, -0.1) is 0 Å². The summed E-state index contributed by atoms with van der Waals surface area (Å²) in [5.41, 5.74) is 0. The van der Waals surface area contributed by atoms with E-state index in [0.29, 0.717) is 0 Å². The molecule has 1 aliphatic rings. The topological polar surface area (TPSA) is 21.7 Å². The average molecular weight is 320 g/mol. The maximum absolute atomic E-state index is 6.23. The first-order valence-electron chi connectivity index (χ1n) is 7.95. The van der Waals surface area contributed by atoms with E-state index in [9.17, 15) is 0 Å². The number of fused-ring (bicyclic) bond motifs is 1. The van der Waals surface area contributed by atoms with Crippen LogP contribution < -0.4 is 4.74 Å². The summed E-state index contributed by atoms with van der Waals surface area (Å²) in [6, 6.07) is 12.0. The average Bonchev–Trinajstić information content (AvgIpc) is 2.58. The Kier molecular flexibility index (Phi) is 5.54. The Bertz CT molecular complexity index is 611. The fourth-order valence-corrected chi connectivity index (χ4v) is 3.03. The molecule has 1 aliphatic heterocycles. The van der Waals surface area contributed by atoms with E-state index in [-0.39, 0.29) is 0 Å². The molecule has 1 fully saturated rings. The molecule has 1 heterocycles. The smallest absolute Gasteiger partial charge is 0.127 e. The highest BCUT2D eigenvalue weighted by molar-refractivity contribution is 6.35. The number of rotatable bonds is 6. The second kappa shape index (κ2) is 7.82. The number of halogens is 1. The molecule has 22 heavy (non-hydrogen) atoms. The number of hydrogen-bond acceptors (Lipinski definition) is 3. The highest BCUT2D eigenvalue weighted by atomic mass is 35.5. The molecule has 118 valence electrons. The molecule has 0 saturated carbocycles. The van der Waals surface area contributed by atoms with E-state index in [0.717, 1.165) is 73.8 Å². The van der Waals surface area contributed by atoms with E-state index in [1.807, 2.05) is 30.3 Å². The van der Waals surface area contributed by atoms with Gasteiger partial charge >= 0.3 is 0 Å². The zero-order valence-corrected chi connectivity index (χ0v) is 13.5. The van der Waals surface area contributed by atoms with Crippen LogP contribution in [0.3, 0.4) is 0 Å². The summed E-state index contributed by atoms with van der Waals surface area (Å²) in [6.45, 7) is 5.73. The first kappa shape index (κ1) is 15.6. The van der Waals surface area contributed by atoms with Crippen LogP contribution in [0.4, 0.5) is 0 Å². The highest BCUT2D eigenvalue weighted by Crippen LogP contribution is 2.31. The normalized spacial score (nSPS) is 16.0. The van der Waals surface area contributed by atoms with Gasteiger partial charge in [0, 0.05) is 28.9 Å². The molecule has 0 aliphatic carbocycles. The van der Waals surface area contributed by atoms with E-state index in [1.165, 1.54) is 0 Å². The third-order valence-corrected chi connectivity index (χ3v) is 4.39. The number of benzene rings is 2. The lowest BCUT2D eigenvalue weighted by Gasteiger charge is -2.26. The zero-order chi connectivity index (χ0) is 15.2. The molecule has 0 unspecified atom stereocenters. The third-order valence-electron chi connectivity index (χ3n) is 4.06. The van der Waals surface area contributed by atoms with Gasteiger partial charge in [-0.05, 0) is 31.5 Å². The van der Waals surface area contributed by atoms with Crippen molar-refractivity contribution in [1.29, 1.82) is 0 Å². The highest BCUT2D eigenvalue weighted by Gasteiger charge is 2.09. The Morgan fingerprint density at radius 3 is 2.59 bits per heavy atom. The van der Waals surface area contributed by atoms with Gasteiger partial charge < -0.3 is 9.47 Å². The van der Waals surface area contributed by atoms with Gasteiger partial charge in [0.2, 0.25) is 0 Å². The van der Waals surface area contributed by atoms with Gasteiger partial charge in [-0.2, -0.15) is 0 Å². The lowest BCUT2D eigenvalue weighted by atomic mass is 10.1. The molecule has 4 heteroatoms. The first-order chi connectivity index (χ1) is 10.8. The van der Waals surface area contributed by atoms with Gasteiger partial charge in [0.15, 0.2) is 0 Å². The molecule has 1 saturated heterocycles. The molecule has 2 aromatic carbocycles. The van der Waals surface area contributed by atoms with Crippen molar-refractivity contribution < 1.29 is 9.47 Å². The van der Waals surface area contributed by atoms with Crippen molar-refractivity contribution in [2.24, 2.45) is 0 Å². The molecule has 0 radical (unpaired) electrons. The van der Waals surface area contributed by atoms with Crippen molar-refractivity contribution in [3.05, 3.63) is 41.4 Å². The van der Waals surface area contributed by atoms with Gasteiger partial charge in [0.1, 0.15) is 5.75 Å². The SMILES string of the molecule is Clc1ccc(OCCCCN2CCOCC2)c2ccccc12. The fraction of sp³-hybridized carbons (Fsp3) is 0.444. The predicted octanol–water partition coefficient (Wildman–Crippen LogP) is 3.98. The number of morpholine rings is 1. The quantitative estimate of drug-likeness (QED) is 0.752. The molecular formula is C18H22ClNO2. The number of unbranched alkanes of at least 4 members (excludes halogenated alkanes) is 1. The summed E-state index contributed by atoms with van der Waals surface area (Å²) in [7, 11) is 0. The summed E-state index contributed by atoms with van der Waals surface area (Å²) >= 11 is 6.23. The van der Waals surface area contributed by atoms with Crippen molar-refractivity contribution in [2.45, 2.75) is 12.8 Å². The van der Waals surface area contributed by atoms with E-state index >= 15 is 0 Å². The van der Waals surface area contributed by atoms with Gasteiger partial charge in [-0.25, -0.2) is 0 Å². The van der Waals surface area contributed by atoms with Crippen LogP contribution in [0.2, 0.25) is 5.02 Å². The molecule has 0 aromatic heterocycles. The first-order valence-corrected chi connectivity index (χ1v) is 8.32. The van der Waals surface area contributed by atoms with Crippen molar-refractivity contribution >= 4 is 22.4 Å². The molecule has 0 spiro atoms. The minimum absolute atomic E-state index is 0.746. The molecule has 0 bridgehead atoms. The molecule has 2 aromatic rings. The zero-order valence-electron chi connectivity index (χ0n) is 12.8. The van der Waals surface area contributed by atoms with Crippen LogP contribution in [-0.4, -0.2) is 44.4 Å². The second-order valence-electron chi connectivity index (χ2n) is 5.60. The Hall–Kier alpha value is -1.29. The summed E-state index contributed by atoms with van der Waals surface area (Å²) in [5.74, 6) is 0.923. The van der Waals surface area contributed by atoms with Crippen LogP contribution in [0, 0.1) is 0 Å². The monoisotopic (exact) mass is 319 g/mol. The Labute approximate surface area is 136 Å². The van der Waals surface area contributed by atoms with Crippen LogP contribution >= 0.6 is 11.6 Å². The maximum Gasteiger partial charge on any atom is 0.127 e. The van der Waals surface area contributed by atoms with Gasteiger partial charge in [0.05, 0.1) is 19.8 Å². The van der Waals surface area contributed by atoms with Crippen molar-refractivity contribution in [1.82, 2.24) is 4.90 Å². The molecule has 0 N–H and O–H groups in total. The Morgan fingerprint density at radius 2 is 1.77 bits per heavy atom. The number of nitrogens with zero attached hydrogens (tertiary/aromatic N) is 1. The summed E-state index contributed by atoms with van der Waals surface area (Å²) in [4.78, 5) is 2.46. The molecule has 3 nitrogen and oxygen atoms in total. The van der Waals surface area contributed by atoms with Crippen LogP contribution in [-0.2, 0) is 4.74 Å². The summed E-state index contributed by atoms with van der Waals surface area (Å²) < 4.78 is 11.3. The minimum atomic E-state index is 0.746. The lowest BCUT2D eigenvalue weighted by molar-refractivity contribution is 0.0368. The largest absolute Gasteiger partial charge is 0.493 e. The number of ether oxygens (including phenoxy) is 2. The number of hydrogen-bond donors (Lipinski definition) is 0. The summed E-state index contributed by atoms with van der Waals surface area (Å²) in [5, 5.41) is 2.91. The van der Waals surface area contributed by atoms with E-state index in [4.69, 9.17) is 21.1 Å². The Balaban J connectivity index is 1.48. The predicted molar refractivity (Wildman–Crippen MR) is 90.9 cm³/mol. The maximum atomic E-state index is 6.23. The summed E-state index contributed by atoms with van der Waals surface area (Å²) in [6.07, 6.45) is 2.22. The van der Waals surface area contributed by atoms with Crippen molar-refractivity contribution in [2.75, 3.05) is 39.5 Å². The third kappa shape index (κ3) is 3.92. The lowest BCUT2D eigenvalue weighted by Crippen LogP contribution is -2.36. The van der Waals surface area contributed by atoms with Gasteiger partial charge in [0.25, 0.3) is 0 Å².